The largest absolute Gasteiger partial charge is 0.480 e. The van der Waals surface area contributed by atoms with Crippen LogP contribution in [0.5, 0.6) is 0 Å². The van der Waals surface area contributed by atoms with Gasteiger partial charge in [0.05, 0.1) is 6.54 Å². The lowest BCUT2D eigenvalue weighted by Gasteiger charge is -2.21. The summed E-state index contributed by atoms with van der Waals surface area (Å²) >= 11 is 0. The van der Waals surface area contributed by atoms with E-state index >= 15 is 0 Å². The minimum atomic E-state index is -3.15. The molecule has 1 aliphatic carbocycles. The molecule has 0 bridgehead atoms. The van der Waals surface area contributed by atoms with Gasteiger partial charge in [-0.1, -0.05) is 60.7 Å². The molecule has 1 heterocycles. The summed E-state index contributed by atoms with van der Waals surface area (Å²) in [4.78, 5) is 38.7. The number of carboxylic acids is 1. The van der Waals surface area contributed by atoms with Crippen LogP contribution in [0, 0.1) is 0 Å². The minimum absolute atomic E-state index is 0.107. The van der Waals surface area contributed by atoms with E-state index in [1.807, 2.05) is 30.3 Å². The second-order valence-corrected chi connectivity index (χ2v) is 8.81. The average Bonchev–Trinajstić information content (AvgIpc) is 3.41. The van der Waals surface area contributed by atoms with E-state index < -0.39 is 36.3 Å². The van der Waals surface area contributed by atoms with E-state index in [1.54, 1.807) is 18.2 Å². The Kier molecular flexibility index (Phi) is 5.59. The fourth-order valence-corrected chi connectivity index (χ4v) is 4.99. The summed E-state index contributed by atoms with van der Waals surface area (Å²) in [5.41, 5.74) is 1.46. The molecular formula is C27H22F2N2O4. The summed E-state index contributed by atoms with van der Waals surface area (Å²) < 4.78 is 29.5. The molecule has 35 heavy (non-hydrogen) atoms. The van der Waals surface area contributed by atoms with Crippen LogP contribution in [0.1, 0.15) is 39.4 Å². The van der Waals surface area contributed by atoms with Gasteiger partial charge in [-0.15, -0.1) is 0 Å². The number of nitrogens with one attached hydrogen (secondary N) is 1. The number of rotatable bonds is 5. The summed E-state index contributed by atoms with van der Waals surface area (Å²) in [6.45, 7) is -0.158. The number of halogens is 2. The highest BCUT2D eigenvalue weighted by Crippen LogP contribution is 2.50. The van der Waals surface area contributed by atoms with Gasteiger partial charge in [0.1, 0.15) is 6.04 Å². The van der Waals surface area contributed by atoms with Crippen LogP contribution in [-0.4, -0.2) is 46.9 Å². The lowest BCUT2D eigenvalue weighted by molar-refractivity contribution is -0.147. The molecule has 0 aromatic heterocycles. The number of alkyl halides is 2. The number of likely N-dealkylation sites (tertiary alicyclic amines) is 1. The van der Waals surface area contributed by atoms with Crippen molar-refractivity contribution in [1.29, 1.82) is 0 Å². The number of carbonyl (C=O) groups excluding carboxylic acids is 2. The maximum atomic E-state index is 14.7. The fourth-order valence-electron chi connectivity index (χ4n) is 4.99. The summed E-state index contributed by atoms with van der Waals surface area (Å²) in [5.74, 6) is -5.47. The zero-order valence-electron chi connectivity index (χ0n) is 18.6. The molecule has 0 radical (unpaired) electrons. The van der Waals surface area contributed by atoms with Crippen molar-refractivity contribution in [3.8, 4) is 11.1 Å². The van der Waals surface area contributed by atoms with Crippen molar-refractivity contribution in [2.45, 2.75) is 24.3 Å². The first-order valence-electron chi connectivity index (χ1n) is 11.2. The fraction of sp³-hybridized carbons (Fsp3) is 0.222. The first-order valence-corrected chi connectivity index (χ1v) is 11.2. The summed E-state index contributed by atoms with van der Waals surface area (Å²) in [7, 11) is 0. The van der Waals surface area contributed by atoms with Gasteiger partial charge in [0.15, 0.2) is 0 Å². The van der Waals surface area contributed by atoms with Crippen molar-refractivity contribution in [3.05, 3.63) is 95.1 Å². The third-order valence-electron chi connectivity index (χ3n) is 6.75. The Labute approximate surface area is 200 Å². The van der Waals surface area contributed by atoms with Gasteiger partial charge in [-0.25, -0.2) is 4.79 Å². The maximum Gasteiger partial charge on any atom is 0.326 e. The Hall–Kier alpha value is -4.07. The lowest BCUT2D eigenvalue weighted by atomic mass is 9.96. The average molecular weight is 476 g/mol. The van der Waals surface area contributed by atoms with Crippen LogP contribution >= 0.6 is 0 Å². The number of nitrogens with zero attached hydrogens (tertiary/aromatic N) is 1. The smallest absolute Gasteiger partial charge is 0.326 e. The first kappa shape index (κ1) is 22.7. The second-order valence-electron chi connectivity index (χ2n) is 8.81. The summed E-state index contributed by atoms with van der Waals surface area (Å²) in [5, 5.41) is 12.1. The topological polar surface area (TPSA) is 86.7 Å². The molecule has 2 atom stereocenters. The third kappa shape index (κ3) is 3.95. The van der Waals surface area contributed by atoms with E-state index in [0.29, 0.717) is 5.56 Å². The van der Waals surface area contributed by atoms with Crippen LogP contribution in [0.15, 0.2) is 72.8 Å². The Morgan fingerprint density at radius 1 is 0.943 bits per heavy atom. The minimum Gasteiger partial charge on any atom is -0.480 e. The van der Waals surface area contributed by atoms with E-state index in [2.05, 4.69) is 5.32 Å². The molecule has 1 aliphatic heterocycles. The van der Waals surface area contributed by atoms with Gasteiger partial charge in [-0.3, -0.25) is 9.59 Å². The molecule has 0 unspecified atom stereocenters. The van der Waals surface area contributed by atoms with Crippen LogP contribution in [0.3, 0.4) is 0 Å². The number of aliphatic carboxylic acids is 1. The van der Waals surface area contributed by atoms with Gasteiger partial charge in [0.25, 0.3) is 11.8 Å². The number of hydrogen-bond donors (Lipinski definition) is 2. The zero-order chi connectivity index (χ0) is 24.7. The van der Waals surface area contributed by atoms with Gasteiger partial charge < -0.3 is 15.3 Å². The molecule has 3 aromatic rings. The molecule has 5 rings (SSSR count). The number of benzene rings is 3. The molecule has 8 heteroatoms. The van der Waals surface area contributed by atoms with Crippen LogP contribution in [-0.2, 0) is 15.5 Å². The number of carboxylic acid groups (broad SMARTS) is 1. The van der Waals surface area contributed by atoms with Crippen molar-refractivity contribution in [1.82, 2.24) is 10.2 Å². The molecule has 3 aromatic carbocycles. The standard InChI is InChI=1S/C27H22F2N2O4/c28-27(29)21-9-5-4-8-19(21)20-12-17(10-11-22(20)27)25(33)30-14-24(32)31-15-18(13-23(31)26(34)35)16-6-2-1-3-7-16/h1-12,18,23H,13-15H2,(H,30,33)(H,34,35)/t18-,23+/m1/s1. The van der Waals surface area contributed by atoms with Gasteiger partial charge in [-0.05, 0) is 35.2 Å². The Morgan fingerprint density at radius 2 is 1.63 bits per heavy atom. The van der Waals surface area contributed by atoms with Crippen molar-refractivity contribution >= 4 is 17.8 Å². The summed E-state index contributed by atoms with van der Waals surface area (Å²) in [6, 6.07) is 18.5. The van der Waals surface area contributed by atoms with Gasteiger partial charge in [-0.2, -0.15) is 8.78 Å². The lowest BCUT2D eigenvalue weighted by Crippen LogP contribution is -2.45. The zero-order valence-corrected chi connectivity index (χ0v) is 18.6. The molecule has 2 N–H and O–H groups in total. The van der Waals surface area contributed by atoms with Crippen LogP contribution in [0.25, 0.3) is 11.1 Å². The highest BCUT2D eigenvalue weighted by atomic mass is 19.3. The third-order valence-corrected chi connectivity index (χ3v) is 6.75. The Morgan fingerprint density at radius 3 is 2.37 bits per heavy atom. The maximum absolute atomic E-state index is 14.7. The highest BCUT2D eigenvalue weighted by molar-refractivity contribution is 5.99. The van der Waals surface area contributed by atoms with E-state index in [4.69, 9.17) is 0 Å². The van der Waals surface area contributed by atoms with Gasteiger partial charge in [0.2, 0.25) is 5.91 Å². The van der Waals surface area contributed by atoms with E-state index in [9.17, 15) is 28.3 Å². The number of fused-ring (bicyclic) bond motifs is 3. The van der Waals surface area contributed by atoms with Crippen LogP contribution in [0.4, 0.5) is 8.78 Å². The quantitative estimate of drug-likeness (QED) is 0.583. The van der Waals surface area contributed by atoms with Crippen LogP contribution in [0.2, 0.25) is 0 Å². The van der Waals surface area contributed by atoms with Crippen molar-refractivity contribution in [2.75, 3.05) is 13.1 Å². The first-order chi connectivity index (χ1) is 16.8. The molecule has 2 aliphatic rings. The highest BCUT2D eigenvalue weighted by Gasteiger charge is 2.44. The van der Waals surface area contributed by atoms with Gasteiger partial charge >= 0.3 is 5.97 Å². The predicted molar refractivity (Wildman–Crippen MR) is 124 cm³/mol. The summed E-state index contributed by atoms with van der Waals surface area (Å²) in [6.07, 6.45) is 0.289. The SMILES string of the molecule is O=C(NCC(=O)N1C[C@H](c2ccccc2)C[C@H]1C(=O)O)c1ccc2c(c1)-c1ccccc1C2(F)F. The number of carbonyl (C=O) groups is 3. The Bertz CT molecular complexity index is 1330. The van der Waals surface area contributed by atoms with Crippen molar-refractivity contribution in [2.24, 2.45) is 0 Å². The van der Waals surface area contributed by atoms with E-state index in [1.165, 1.54) is 29.2 Å². The molecule has 2 amide bonds. The van der Waals surface area contributed by atoms with Crippen LogP contribution < -0.4 is 5.32 Å². The van der Waals surface area contributed by atoms with Crippen molar-refractivity contribution < 1.29 is 28.3 Å². The molecule has 178 valence electrons. The number of amides is 2. The molecule has 0 spiro atoms. The monoisotopic (exact) mass is 476 g/mol. The predicted octanol–water partition coefficient (Wildman–Crippen LogP) is 4.01. The van der Waals surface area contributed by atoms with Crippen molar-refractivity contribution in [3.63, 3.8) is 0 Å². The van der Waals surface area contributed by atoms with E-state index in [-0.39, 0.29) is 41.1 Å². The normalized spacial score (nSPS) is 19.7. The molecule has 1 fully saturated rings. The number of hydrogen-bond acceptors (Lipinski definition) is 3. The molecular weight excluding hydrogens is 454 g/mol. The molecule has 6 nitrogen and oxygen atoms in total. The molecule has 0 saturated carbocycles. The second kappa shape index (κ2) is 8.61. The molecule has 1 saturated heterocycles. The van der Waals surface area contributed by atoms with Gasteiger partial charge in [0, 0.05) is 29.2 Å². The Balaban J connectivity index is 1.30. The van der Waals surface area contributed by atoms with E-state index in [0.717, 1.165) is 5.56 Å².